The number of carbonyl (C=O) groups excluding carboxylic acids is 1. The Balaban J connectivity index is 1.45. The van der Waals surface area contributed by atoms with Crippen molar-refractivity contribution < 1.29 is 13.9 Å². The maximum atomic E-state index is 12.7. The number of rotatable bonds is 5. The van der Waals surface area contributed by atoms with Crippen molar-refractivity contribution in [3.63, 3.8) is 0 Å². The van der Waals surface area contributed by atoms with Crippen molar-refractivity contribution in [3.8, 4) is 17.2 Å². The molecule has 1 aromatic heterocycles. The van der Waals surface area contributed by atoms with E-state index in [4.69, 9.17) is 21.4 Å². The number of aromatic nitrogens is 1. The number of halogens is 1. The highest BCUT2D eigenvalue weighted by Crippen LogP contribution is 2.28. The summed E-state index contributed by atoms with van der Waals surface area (Å²) in [5.74, 6) is 0.702. The van der Waals surface area contributed by atoms with Crippen molar-refractivity contribution >= 4 is 56.0 Å². The second-order valence-corrected chi connectivity index (χ2v) is 8.79. The van der Waals surface area contributed by atoms with Crippen LogP contribution in [-0.4, -0.2) is 23.1 Å². The molecule has 33 heavy (non-hydrogen) atoms. The summed E-state index contributed by atoms with van der Waals surface area (Å²) >= 11 is 8.74. The summed E-state index contributed by atoms with van der Waals surface area (Å²) in [6.07, 6.45) is 0.947. The van der Waals surface area contributed by atoms with Gasteiger partial charge in [-0.15, -0.1) is 0 Å². The number of thiocarbonyl (C=S) groups is 1. The second kappa shape index (κ2) is 9.72. The Kier molecular flexibility index (Phi) is 6.76. The number of nitrogens with zero attached hydrogens (tertiary/aromatic N) is 1. The molecule has 4 aromatic rings. The van der Waals surface area contributed by atoms with Gasteiger partial charge in [-0.1, -0.05) is 28.9 Å². The lowest BCUT2D eigenvalue weighted by atomic mass is 10.1. The smallest absolute Gasteiger partial charge is 0.261 e. The van der Waals surface area contributed by atoms with Crippen molar-refractivity contribution in [2.75, 3.05) is 12.4 Å². The normalized spacial score (nSPS) is 10.8. The van der Waals surface area contributed by atoms with Crippen LogP contribution in [0, 0.1) is 6.92 Å². The fourth-order valence-electron chi connectivity index (χ4n) is 3.51. The van der Waals surface area contributed by atoms with Crippen LogP contribution in [0.5, 0.6) is 5.75 Å². The lowest BCUT2D eigenvalue weighted by Gasteiger charge is -2.14. The Morgan fingerprint density at radius 2 is 1.91 bits per heavy atom. The van der Waals surface area contributed by atoms with Crippen LogP contribution in [0.2, 0.25) is 0 Å². The number of carbonyl (C=O) groups is 1. The van der Waals surface area contributed by atoms with Gasteiger partial charge in [-0.3, -0.25) is 10.1 Å². The molecular weight excluding hydrogens is 502 g/mol. The van der Waals surface area contributed by atoms with Crippen molar-refractivity contribution in [1.82, 2.24) is 10.3 Å². The molecule has 1 heterocycles. The molecule has 0 fully saturated rings. The molecule has 0 aliphatic rings. The average Bonchev–Trinajstić information content (AvgIpc) is 3.22. The molecule has 4 rings (SSSR count). The number of benzene rings is 3. The summed E-state index contributed by atoms with van der Waals surface area (Å²) in [4.78, 5) is 17.3. The highest BCUT2D eigenvalue weighted by molar-refractivity contribution is 9.10. The third-order valence-corrected chi connectivity index (χ3v) is 5.83. The van der Waals surface area contributed by atoms with E-state index in [1.54, 1.807) is 6.07 Å². The van der Waals surface area contributed by atoms with Crippen LogP contribution in [0.1, 0.15) is 28.4 Å². The molecular formula is C25H22BrN3O3S. The fourth-order valence-corrected chi connectivity index (χ4v) is 4.30. The Morgan fingerprint density at radius 1 is 1.15 bits per heavy atom. The summed E-state index contributed by atoms with van der Waals surface area (Å²) in [5, 5.41) is 5.91. The third-order valence-electron chi connectivity index (χ3n) is 5.17. The van der Waals surface area contributed by atoms with Gasteiger partial charge in [0, 0.05) is 15.7 Å². The van der Waals surface area contributed by atoms with Crippen LogP contribution in [-0.2, 0) is 6.42 Å². The van der Waals surface area contributed by atoms with Crippen molar-refractivity contribution in [2.45, 2.75) is 20.3 Å². The van der Waals surface area contributed by atoms with Crippen molar-refractivity contribution in [2.24, 2.45) is 0 Å². The zero-order chi connectivity index (χ0) is 23.5. The topological polar surface area (TPSA) is 76.4 Å². The van der Waals surface area contributed by atoms with Gasteiger partial charge in [0.1, 0.15) is 11.3 Å². The summed E-state index contributed by atoms with van der Waals surface area (Å²) in [7, 11) is 1.53. The van der Waals surface area contributed by atoms with E-state index in [9.17, 15) is 4.79 Å². The molecule has 3 aromatic carbocycles. The van der Waals surface area contributed by atoms with Crippen molar-refractivity contribution in [3.05, 3.63) is 75.8 Å². The van der Waals surface area contributed by atoms with E-state index in [0.717, 1.165) is 38.8 Å². The molecule has 0 bridgehead atoms. The number of amides is 1. The number of hydrogen-bond acceptors (Lipinski definition) is 5. The van der Waals surface area contributed by atoms with Gasteiger partial charge in [0.15, 0.2) is 10.7 Å². The van der Waals surface area contributed by atoms with Crippen LogP contribution in [0.4, 0.5) is 5.69 Å². The first-order valence-corrected chi connectivity index (χ1v) is 11.5. The zero-order valence-corrected chi connectivity index (χ0v) is 20.8. The maximum absolute atomic E-state index is 12.7. The largest absolute Gasteiger partial charge is 0.496 e. The molecule has 8 heteroatoms. The molecule has 0 saturated heterocycles. The van der Waals surface area contributed by atoms with E-state index < -0.39 is 0 Å². The molecule has 0 spiro atoms. The van der Waals surface area contributed by atoms with E-state index in [-0.39, 0.29) is 11.0 Å². The number of oxazole rings is 1. The quantitative estimate of drug-likeness (QED) is 0.300. The molecule has 0 unspecified atom stereocenters. The number of hydrogen-bond donors (Lipinski definition) is 2. The monoisotopic (exact) mass is 523 g/mol. The van der Waals surface area contributed by atoms with E-state index in [2.05, 4.69) is 38.5 Å². The molecule has 168 valence electrons. The van der Waals surface area contributed by atoms with Crippen LogP contribution in [0.3, 0.4) is 0 Å². The summed E-state index contributed by atoms with van der Waals surface area (Å²) in [5.41, 5.74) is 5.63. The minimum atomic E-state index is -0.358. The number of ether oxygens (including phenoxy) is 1. The number of fused-ring (bicyclic) bond motifs is 1. The lowest BCUT2D eigenvalue weighted by Crippen LogP contribution is -2.34. The first-order chi connectivity index (χ1) is 15.9. The van der Waals surface area contributed by atoms with E-state index >= 15 is 0 Å². The predicted octanol–water partition coefficient (Wildman–Crippen LogP) is 6.26. The molecule has 1 amide bonds. The predicted molar refractivity (Wildman–Crippen MR) is 138 cm³/mol. The zero-order valence-electron chi connectivity index (χ0n) is 18.4. The second-order valence-electron chi connectivity index (χ2n) is 7.46. The Hall–Kier alpha value is -3.23. The molecule has 0 aliphatic heterocycles. The summed E-state index contributed by atoms with van der Waals surface area (Å²) in [6.45, 7) is 3.98. The SMILES string of the molecule is CCc1ccc2oc(-c3ccc(NC(=S)NC(=O)c4cc(Br)cc(C)c4OC)cc3)nc2c1. The number of nitrogens with one attached hydrogen (secondary N) is 2. The number of methoxy groups -OCH3 is 1. The summed E-state index contributed by atoms with van der Waals surface area (Å²) < 4.78 is 12.1. The van der Waals surface area contributed by atoms with Crippen molar-refractivity contribution in [1.29, 1.82) is 0 Å². The van der Waals surface area contributed by atoms with E-state index in [1.165, 1.54) is 12.7 Å². The van der Waals surface area contributed by atoms with Gasteiger partial charge >= 0.3 is 0 Å². The first-order valence-electron chi connectivity index (χ1n) is 10.3. The molecule has 2 N–H and O–H groups in total. The van der Waals surface area contributed by atoms with Crippen LogP contribution < -0.4 is 15.4 Å². The highest BCUT2D eigenvalue weighted by atomic mass is 79.9. The first kappa shape index (κ1) is 22.9. The van der Waals surface area contributed by atoms with Gasteiger partial charge in [0.2, 0.25) is 5.89 Å². The summed E-state index contributed by atoms with van der Waals surface area (Å²) in [6, 6.07) is 17.1. The Bertz CT molecular complexity index is 1350. The minimum Gasteiger partial charge on any atom is -0.496 e. The Labute approximate surface area is 205 Å². The van der Waals surface area contributed by atoms with Crippen LogP contribution in [0.15, 0.2) is 63.5 Å². The molecule has 6 nitrogen and oxygen atoms in total. The lowest BCUT2D eigenvalue weighted by molar-refractivity contribution is 0.0974. The fraction of sp³-hybridized carbons (Fsp3) is 0.160. The van der Waals surface area contributed by atoms with Gasteiger partial charge in [-0.05, 0) is 85.2 Å². The van der Waals surface area contributed by atoms with Gasteiger partial charge in [0.05, 0.1) is 12.7 Å². The minimum absolute atomic E-state index is 0.182. The van der Waals surface area contributed by atoms with Gasteiger partial charge in [-0.25, -0.2) is 4.98 Å². The van der Waals surface area contributed by atoms with E-state index in [1.807, 2.05) is 55.5 Å². The molecule has 0 aliphatic carbocycles. The highest BCUT2D eigenvalue weighted by Gasteiger charge is 2.17. The number of anilines is 1. The molecule has 0 atom stereocenters. The standard InChI is InChI=1S/C25H22BrN3O3S/c1-4-15-5-10-21-20(12-15)28-24(32-21)16-6-8-18(9-7-16)27-25(33)29-23(30)19-13-17(26)11-14(2)22(19)31-3/h5-13H,4H2,1-3H3,(H2,27,29,30,33). The van der Waals surface area contributed by atoms with Gasteiger partial charge in [0.25, 0.3) is 5.91 Å². The number of aryl methyl sites for hydroxylation is 2. The Morgan fingerprint density at radius 3 is 2.61 bits per heavy atom. The molecule has 0 saturated carbocycles. The van der Waals surface area contributed by atoms with E-state index in [0.29, 0.717) is 17.2 Å². The average molecular weight is 524 g/mol. The van der Waals surface area contributed by atoms with Gasteiger partial charge in [-0.2, -0.15) is 0 Å². The third kappa shape index (κ3) is 5.07. The van der Waals surface area contributed by atoms with Gasteiger partial charge < -0.3 is 14.5 Å². The van der Waals surface area contributed by atoms with Crippen LogP contribution in [0.25, 0.3) is 22.6 Å². The molecule has 0 radical (unpaired) electrons. The maximum Gasteiger partial charge on any atom is 0.261 e. The van der Waals surface area contributed by atoms with Crippen LogP contribution >= 0.6 is 28.1 Å².